The molecule has 0 saturated carbocycles. The third kappa shape index (κ3) is 5.19. The monoisotopic (exact) mass is 466 g/mol. The zero-order valence-electron chi connectivity index (χ0n) is 15.9. The van der Waals surface area contributed by atoms with Crippen molar-refractivity contribution in [1.29, 1.82) is 0 Å². The fourth-order valence-corrected chi connectivity index (χ4v) is 4.43. The van der Waals surface area contributed by atoms with Crippen LogP contribution in [0.15, 0.2) is 63.5 Å². The van der Waals surface area contributed by atoms with E-state index in [9.17, 15) is 8.60 Å². The smallest absolute Gasteiger partial charge is 0.225 e. The zero-order chi connectivity index (χ0) is 21.1. The molecule has 1 unspecified atom stereocenters. The highest BCUT2D eigenvalue weighted by atomic mass is 35.5. The van der Waals surface area contributed by atoms with Crippen molar-refractivity contribution < 1.29 is 8.60 Å². The molecule has 30 heavy (non-hydrogen) atoms. The molecule has 11 heteroatoms. The first-order chi connectivity index (χ1) is 14.5. The van der Waals surface area contributed by atoms with E-state index in [0.717, 1.165) is 22.6 Å². The first kappa shape index (κ1) is 21.3. The van der Waals surface area contributed by atoms with Crippen LogP contribution in [0.2, 0.25) is 5.02 Å². The van der Waals surface area contributed by atoms with E-state index in [1.165, 1.54) is 24.1 Å². The van der Waals surface area contributed by atoms with Gasteiger partial charge >= 0.3 is 0 Å². The zero-order valence-corrected chi connectivity index (χ0v) is 18.3. The molecule has 2 aliphatic rings. The van der Waals surface area contributed by atoms with Gasteiger partial charge in [-0.05, 0) is 53.9 Å². The van der Waals surface area contributed by atoms with Gasteiger partial charge in [0.1, 0.15) is 5.82 Å². The molecule has 158 valence electrons. The molecule has 0 amide bonds. The van der Waals surface area contributed by atoms with E-state index in [4.69, 9.17) is 21.7 Å². The van der Waals surface area contributed by atoms with Crippen LogP contribution >= 0.6 is 23.5 Å². The minimum Gasteiger partial charge on any atom is -0.295 e. The second-order valence-electron chi connectivity index (χ2n) is 6.81. The average molecular weight is 467 g/mol. The molecule has 0 radical (unpaired) electrons. The van der Waals surface area contributed by atoms with Crippen molar-refractivity contribution in [3.63, 3.8) is 0 Å². The normalized spacial score (nSPS) is 18.8. The summed E-state index contributed by atoms with van der Waals surface area (Å²) in [5, 5.41) is 12.6. The maximum atomic E-state index is 13.2. The van der Waals surface area contributed by atoms with Gasteiger partial charge in [0.2, 0.25) is 5.96 Å². The first-order valence-corrected chi connectivity index (χ1v) is 11.6. The summed E-state index contributed by atoms with van der Waals surface area (Å²) in [6, 6.07) is 13.8. The minimum atomic E-state index is -1.48. The van der Waals surface area contributed by atoms with Crippen molar-refractivity contribution >= 4 is 46.4 Å². The fraction of sp³-hybridized carbons (Fsp3) is 0.263. The van der Waals surface area contributed by atoms with Crippen LogP contribution in [0.5, 0.6) is 0 Å². The van der Waals surface area contributed by atoms with Gasteiger partial charge in [0, 0.05) is 29.4 Å². The number of guanidine groups is 1. The van der Waals surface area contributed by atoms with E-state index < -0.39 is 11.2 Å². The van der Waals surface area contributed by atoms with E-state index in [1.54, 1.807) is 16.4 Å². The van der Waals surface area contributed by atoms with Crippen LogP contribution in [-0.4, -0.2) is 50.9 Å². The van der Waals surface area contributed by atoms with Gasteiger partial charge in [-0.1, -0.05) is 23.7 Å². The quantitative estimate of drug-likeness (QED) is 0.403. The summed E-state index contributed by atoms with van der Waals surface area (Å²) in [4.78, 5) is 5.74. The Hall–Kier alpha value is -1.98. The Morgan fingerprint density at radius 1 is 1.23 bits per heavy atom. The maximum Gasteiger partial charge on any atom is 0.225 e. The standard InChI is InChI=1S/C19H20ClFN6OS2/c20-14-3-7-17(8-4-14)29-25-19(23-16-11-26(12-16)30(22)28)27-10-9-18(24-27)13-1-5-15(21)6-2-13/h1-8,16H,9-12,22H2,(H,23,25). The third-order valence-corrected chi connectivity index (χ3v) is 6.54. The molecule has 7 nitrogen and oxygen atoms in total. The number of hydrogen-bond donors (Lipinski definition) is 2. The number of halogens is 2. The van der Waals surface area contributed by atoms with E-state index in [2.05, 4.69) is 9.82 Å². The summed E-state index contributed by atoms with van der Waals surface area (Å²) in [6.45, 7) is 1.71. The van der Waals surface area contributed by atoms with Crippen molar-refractivity contribution in [3.8, 4) is 0 Å². The van der Waals surface area contributed by atoms with Crippen LogP contribution in [-0.2, 0) is 11.2 Å². The largest absolute Gasteiger partial charge is 0.295 e. The molecule has 0 spiro atoms. The van der Waals surface area contributed by atoms with E-state index in [1.807, 2.05) is 29.3 Å². The highest BCUT2D eigenvalue weighted by Gasteiger charge is 2.31. The SMILES string of the molecule is NS(=O)N1CC(N=C(NSc2ccc(Cl)cc2)N2CCC(c3ccc(F)cc3)=N2)C1. The molecule has 2 aromatic carbocycles. The topological polar surface area (TPSA) is 86.3 Å². The summed E-state index contributed by atoms with van der Waals surface area (Å²) < 4.78 is 29.5. The third-order valence-electron chi connectivity index (χ3n) is 4.69. The van der Waals surface area contributed by atoms with Crippen molar-refractivity contribution in [2.45, 2.75) is 17.4 Å². The molecule has 3 N–H and O–H groups in total. The Morgan fingerprint density at radius 2 is 1.93 bits per heavy atom. The van der Waals surface area contributed by atoms with Gasteiger partial charge in [0.15, 0.2) is 11.2 Å². The number of nitrogens with one attached hydrogen (secondary N) is 1. The van der Waals surface area contributed by atoms with Gasteiger partial charge in [-0.25, -0.2) is 28.0 Å². The number of hydrogen-bond acceptors (Lipinski definition) is 4. The fourth-order valence-electron chi connectivity index (χ4n) is 3.03. The highest BCUT2D eigenvalue weighted by molar-refractivity contribution is 7.98. The second-order valence-corrected chi connectivity index (χ2v) is 9.20. The van der Waals surface area contributed by atoms with E-state index in [0.29, 0.717) is 30.6 Å². The van der Waals surface area contributed by atoms with E-state index >= 15 is 0 Å². The van der Waals surface area contributed by atoms with Gasteiger partial charge < -0.3 is 0 Å². The van der Waals surface area contributed by atoms with Crippen LogP contribution in [0.4, 0.5) is 4.39 Å². The molecule has 0 bridgehead atoms. The highest BCUT2D eigenvalue weighted by Crippen LogP contribution is 2.21. The molecule has 1 saturated heterocycles. The van der Waals surface area contributed by atoms with Gasteiger partial charge in [-0.3, -0.25) is 4.72 Å². The Bertz CT molecular complexity index is 980. The molecular weight excluding hydrogens is 447 g/mol. The Balaban J connectivity index is 1.50. The number of aliphatic imine (C=N–C) groups is 1. The summed E-state index contributed by atoms with van der Waals surface area (Å²) in [5.41, 5.74) is 1.76. The first-order valence-electron chi connectivity index (χ1n) is 9.26. The van der Waals surface area contributed by atoms with Crippen molar-refractivity contribution in [3.05, 3.63) is 64.9 Å². The van der Waals surface area contributed by atoms with Crippen LogP contribution in [0.3, 0.4) is 0 Å². The molecule has 1 fully saturated rings. The van der Waals surface area contributed by atoms with Crippen molar-refractivity contribution in [1.82, 2.24) is 14.0 Å². The maximum absolute atomic E-state index is 13.2. The lowest BCUT2D eigenvalue weighted by atomic mass is 10.1. The molecular formula is C19H20ClFN6OS2. The lowest BCUT2D eigenvalue weighted by molar-refractivity contribution is 0.278. The summed E-state index contributed by atoms with van der Waals surface area (Å²) >= 11 is 5.89. The molecule has 1 atom stereocenters. The Labute approximate surface area is 186 Å². The predicted molar refractivity (Wildman–Crippen MR) is 120 cm³/mol. The predicted octanol–water partition coefficient (Wildman–Crippen LogP) is 2.76. The summed E-state index contributed by atoms with van der Waals surface area (Å²) in [6.07, 6.45) is 0.724. The molecule has 0 aliphatic carbocycles. The minimum absolute atomic E-state index is 0.0177. The molecule has 2 aromatic rings. The number of nitrogens with zero attached hydrogens (tertiary/aromatic N) is 4. The summed E-state index contributed by atoms with van der Waals surface area (Å²) in [7, 11) is 0. The van der Waals surface area contributed by atoms with Crippen LogP contribution < -0.4 is 9.86 Å². The second kappa shape index (κ2) is 9.44. The van der Waals surface area contributed by atoms with Gasteiger partial charge in [0.25, 0.3) is 0 Å². The van der Waals surface area contributed by atoms with Gasteiger partial charge in [-0.15, -0.1) is 0 Å². The van der Waals surface area contributed by atoms with Crippen LogP contribution in [0.25, 0.3) is 0 Å². The molecule has 0 aromatic heterocycles. The number of rotatable bonds is 5. The van der Waals surface area contributed by atoms with Crippen LogP contribution in [0, 0.1) is 5.82 Å². The Morgan fingerprint density at radius 3 is 2.60 bits per heavy atom. The lowest BCUT2D eigenvalue weighted by Gasteiger charge is -2.34. The van der Waals surface area contributed by atoms with Gasteiger partial charge in [-0.2, -0.15) is 5.10 Å². The van der Waals surface area contributed by atoms with Crippen molar-refractivity contribution in [2.24, 2.45) is 15.2 Å². The summed E-state index contributed by atoms with van der Waals surface area (Å²) in [5.74, 6) is 0.337. The number of nitrogens with two attached hydrogens (primary N) is 1. The molecule has 4 rings (SSSR count). The van der Waals surface area contributed by atoms with Crippen molar-refractivity contribution in [2.75, 3.05) is 19.6 Å². The van der Waals surface area contributed by atoms with Crippen LogP contribution in [0.1, 0.15) is 12.0 Å². The molecule has 2 aliphatic heterocycles. The number of hydrazone groups is 1. The lowest BCUT2D eigenvalue weighted by Crippen LogP contribution is -2.53. The Kier molecular flexibility index (Phi) is 6.69. The van der Waals surface area contributed by atoms with Gasteiger partial charge in [0.05, 0.1) is 18.3 Å². The average Bonchev–Trinajstić information content (AvgIpc) is 3.18. The van der Waals surface area contributed by atoms with E-state index in [-0.39, 0.29) is 11.9 Å². The number of benzene rings is 2. The molecule has 2 heterocycles.